The summed E-state index contributed by atoms with van der Waals surface area (Å²) in [5.41, 5.74) is 7.46. The van der Waals surface area contributed by atoms with Crippen molar-refractivity contribution in [1.82, 2.24) is 0 Å². The minimum Gasteiger partial charge on any atom is -0.472 e. The highest BCUT2D eigenvalue weighted by molar-refractivity contribution is 5.07. The molecule has 2 nitrogen and oxygen atoms in total. The zero-order chi connectivity index (χ0) is 11.1. The first-order chi connectivity index (χ1) is 7.27. The predicted octanol–water partition coefficient (Wildman–Crippen LogP) is 3.37. The summed E-state index contributed by atoms with van der Waals surface area (Å²) in [5, 5.41) is 0. The standard InChI is InChI=1S/C13H23NO/c1-3-5-12(6-4-2)13(14)9-11-7-8-15-10-11/h7-8,10,12-13H,3-6,9,14H2,1-2H3. The summed E-state index contributed by atoms with van der Waals surface area (Å²) < 4.78 is 5.06. The van der Waals surface area contributed by atoms with Gasteiger partial charge in [0.1, 0.15) is 0 Å². The lowest BCUT2D eigenvalue weighted by atomic mass is 9.88. The molecule has 0 aliphatic carbocycles. The first kappa shape index (κ1) is 12.3. The van der Waals surface area contributed by atoms with E-state index in [0.717, 1.165) is 6.42 Å². The lowest BCUT2D eigenvalue weighted by Crippen LogP contribution is -2.32. The number of hydrogen-bond acceptors (Lipinski definition) is 2. The molecular formula is C13H23NO. The molecule has 0 radical (unpaired) electrons. The molecule has 0 saturated heterocycles. The van der Waals surface area contributed by atoms with Crippen molar-refractivity contribution in [2.45, 2.75) is 52.0 Å². The molecule has 1 aromatic heterocycles. The number of furan rings is 1. The largest absolute Gasteiger partial charge is 0.472 e. The van der Waals surface area contributed by atoms with Gasteiger partial charge in [-0.15, -0.1) is 0 Å². The van der Waals surface area contributed by atoms with Crippen LogP contribution in [-0.2, 0) is 6.42 Å². The van der Waals surface area contributed by atoms with Gasteiger partial charge in [-0.1, -0.05) is 26.7 Å². The lowest BCUT2D eigenvalue weighted by Gasteiger charge is -2.22. The van der Waals surface area contributed by atoms with Gasteiger partial charge in [-0.3, -0.25) is 0 Å². The van der Waals surface area contributed by atoms with E-state index in [0.29, 0.717) is 5.92 Å². The SMILES string of the molecule is CCCC(CCC)C(N)Cc1ccoc1. The van der Waals surface area contributed by atoms with Crippen molar-refractivity contribution >= 4 is 0 Å². The molecule has 0 spiro atoms. The fourth-order valence-electron chi connectivity index (χ4n) is 2.16. The molecule has 2 N–H and O–H groups in total. The van der Waals surface area contributed by atoms with Crippen molar-refractivity contribution in [2.24, 2.45) is 11.7 Å². The Hall–Kier alpha value is -0.760. The van der Waals surface area contributed by atoms with E-state index < -0.39 is 0 Å². The van der Waals surface area contributed by atoms with E-state index in [1.165, 1.54) is 31.2 Å². The fraction of sp³-hybridized carbons (Fsp3) is 0.692. The van der Waals surface area contributed by atoms with Crippen LogP contribution >= 0.6 is 0 Å². The van der Waals surface area contributed by atoms with Gasteiger partial charge in [0.15, 0.2) is 0 Å². The molecule has 1 rings (SSSR count). The van der Waals surface area contributed by atoms with Crippen molar-refractivity contribution in [2.75, 3.05) is 0 Å². The summed E-state index contributed by atoms with van der Waals surface area (Å²) in [7, 11) is 0. The third-order valence-corrected chi connectivity index (χ3v) is 2.98. The van der Waals surface area contributed by atoms with Crippen LogP contribution in [0.4, 0.5) is 0 Å². The Balaban J connectivity index is 2.44. The van der Waals surface area contributed by atoms with E-state index in [1.807, 2.05) is 6.07 Å². The van der Waals surface area contributed by atoms with Crippen molar-refractivity contribution in [3.63, 3.8) is 0 Å². The molecule has 1 heterocycles. The van der Waals surface area contributed by atoms with Crippen LogP contribution in [-0.4, -0.2) is 6.04 Å². The Labute approximate surface area is 92.9 Å². The van der Waals surface area contributed by atoms with Gasteiger partial charge in [-0.25, -0.2) is 0 Å². The zero-order valence-corrected chi connectivity index (χ0v) is 9.91. The van der Waals surface area contributed by atoms with Crippen molar-refractivity contribution in [3.8, 4) is 0 Å². The van der Waals surface area contributed by atoms with Gasteiger partial charge in [0.2, 0.25) is 0 Å². The number of hydrogen-bond donors (Lipinski definition) is 1. The maximum Gasteiger partial charge on any atom is 0.0935 e. The van der Waals surface area contributed by atoms with Crippen LogP contribution in [0.3, 0.4) is 0 Å². The average Bonchev–Trinajstić information content (AvgIpc) is 2.70. The average molecular weight is 209 g/mol. The van der Waals surface area contributed by atoms with Gasteiger partial charge >= 0.3 is 0 Å². The fourth-order valence-corrected chi connectivity index (χ4v) is 2.16. The van der Waals surface area contributed by atoms with Crippen molar-refractivity contribution in [3.05, 3.63) is 24.2 Å². The molecule has 0 amide bonds. The molecule has 0 aromatic carbocycles. The Morgan fingerprint density at radius 3 is 2.40 bits per heavy atom. The van der Waals surface area contributed by atoms with Gasteiger partial charge in [0, 0.05) is 6.04 Å². The monoisotopic (exact) mass is 209 g/mol. The lowest BCUT2D eigenvalue weighted by molar-refractivity contribution is 0.359. The predicted molar refractivity (Wildman–Crippen MR) is 63.7 cm³/mol. The van der Waals surface area contributed by atoms with Gasteiger partial charge in [0.05, 0.1) is 12.5 Å². The topological polar surface area (TPSA) is 39.2 Å². The van der Waals surface area contributed by atoms with Crippen molar-refractivity contribution in [1.29, 1.82) is 0 Å². The maximum atomic E-state index is 6.24. The molecular weight excluding hydrogens is 186 g/mol. The Kier molecular flexibility index (Phi) is 5.48. The molecule has 0 aliphatic heterocycles. The smallest absolute Gasteiger partial charge is 0.0935 e. The van der Waals surface area contributed by atoms with E-state index in [4.69, 9.17) is 10.2 Å². The summed E-state index contributed by atoms with van der Waals surface area (Å²) >= 11 is 0. The third-order valence-electron chi connectivity index (χ3n) is 2.98. The van der Waals surface area contributed by atoms with Gasteiger partial charge in [-0.05, 0) is 36.8 Å². The molecule has 15 heavy (non-hydrogen) atoms. The Morgan fingerprint density at radius 2 is 1.93 bits per heavy atom. The highest BCUT2D eigenvalue weighted by atomic mass is 16.3. The quantitative estimate of drug-likeness (QED) is 0.747. The molecule has 1 aromatic rings. The zero-order valence-electron chi connectivity index (χ0n) is 9.91. The number of rotatable bonds is 7. The first-order valence-electron chi connectivity index (χ1n) is 6.04. The first-order valence-corrected chi connectivity index (χ1v) is 6.04. The second-order valence-corrected chi connectivity index (χ2v) is 4.34. The van der Waals surface area contributed by atoms with Crippen LogP contribution in [0.5, 0.6) is 0 Å². The van der Waals surface area contributed by atoms with Gasteiger partial charge < -0.3 is 10.2 Å². The molecule has 2 heteroatoms. The highest BCUT2D eigenvalue weighted by Crippen LogP contribution is 2.19. The van der Waals surface area contributed by atoms with Crippen LogP contribution in [0.15, 0.2) is 23.0 Å². The Morgan fingerprint density at radius 1 is 1.27 bits per heavy atom. The summed E-state index contributed by atoms with van der Waals surface area (Å²) in [4.78, 5) is 0. The van der Waals surface area contributed by atoms with Crippen LogP contribution in [0, 0.1) is 5.92 Å². The third kappa shape index (κ3) is 4.08. The molecule has 0 aliphatic rings. The van der Waals surface area contributed by atoms with E-state index in [9.17, 15) is 0 Å². The van der Waals surface area contributed by atoms with Gasteiger partial charge in [0.25, 0.3) is 0 Å². The van der Waals surface area contributed by atoms with Crippen molar-refractivity contribution < 1.29 is 4.42 Å². The van der Waals surface area contributed by atoms with E-state index in [-0.39, 0.29) is 6.04 Å². The summed E-state index contributed by atoms with van der Waals surface area (Å²) in [6, 6.07) is 2.29. The summed E-state index contributed by atoms with van der Waals surface area (Å²) in [5.74, 6) is 0.662. The van der Waals surface area contributed by atoms with Crippen LogP contribution in [0.25, 0.3) is 0 Å². The molecule has 1 unspecified atom stereocenters. The summed E-state index contributed by atoms with van der Waals surface area (Å²) in [6.45, 7) is 4.46. The second-order valence-electron chi connectivity index (χ2n) is 4.34. The number of nitrogens with two attached hydrogens (primary N) is 1. The maximum absolute atomic E-state index is 6.24. The molecule has 86 valence electrons. The molecule has 1 atom stereocenters. The second kappa shape index (κ2) is 6.67. The van der Waals surface area contributed by atoms with Crippen LogP contribution in [0.1, 0.15) is 45.1 Å². The minimum absolute atomic E-state index is 0.280. The minimum atomic E-state index is 0.280. The van der Waals surface area contributed by atoms with Crippen LogP contribution < -0.4 is 5.73 Å². The van der Waals surface area contributed by atoms with E-state index >= 15 is 0 Å². The van der Waals surface area contributed by atoms with E-state index in [1.54, 1.807) is 12.5 Å². The molecule has 0 bridgehead atoms. The molecule has 0 fully saturated rings. The Bertz CT molecular complexity index is 237. The molecule has 0 saturated carbocycles. The normalized spacial score (nSPS) is 13.3. The summed E-state index contributed by atoms with van der Waals surface area (Å²) in [6.07, 6.45) is 9.40. The van der Waals surface area contributed by atoms with E-state index in [2.05, 4.69) is 13.8 Å². The van der Waals surface area contributed by atoms with Gasteiger partial charge in [-0.2, -0.15) is 0 Å². The van der Waals surface area contributed by atoms with Crippen LogP contribution in [0.2, 0.25) is 0 Å². The highest BCUT2D eigenvalue weighted by Gasteiger charge is 2.16.